The molecule has 7 heteroatoms. The van der Waals surface area contributed by atoms with Gasteiger partial charge in [0.2, 0.25) is 0 Å². The lowest BCUT2D eigenvalue weighted by Crippen LogP contribution is -2.30. The molecule has 1 heterocycles. The largest absolute Gasteiger partial charge is 0.449 e. The quantitative estimate of drug-likeness (QED) is 0.734. The molecule has 1 atom stereocenters. The molecule has 3 rings (SSSR count). The maximum atomic E-state index is 13.5. The van der Waals surface area contributed by atoms with Gasteiger partial charge in [-0.15, -0.1) is 11.3 Å². The van der Waals surface area contributed by atoms with Crippen molar-refractivity contribution in [2.75, 3.05) is 5.32 Å². The van der Waals surface area contributed by atoms with Gasteiger partial charge in [0, 0.05) is 0 Å². The fraction of sp³-hybridized carbons (Fsp3) is 0.118. The van der Waals surface area contributed by atoms with Crippen molar-refractivity contribution in [3.63, 3.8) is 0 Å². The molecule has 0 aliphatic carbocycles. The second-order valence-electron chi connectivity index (χ2n) is 5.05. The molecular formula is C17H13FN2O3S. The standard InChI is InChI=1S/C17H13FN2O3S/c1-10(16(21)20-13-5-3-2-4-12(13)18)23-17(22)11-6-7-14-15(8-11)24-9-19-14/h2-10H,1H3,(H,20,21)/t10-/m1/s1. The number of aromatic nitrogens is 1. The number of rotatable bonds is 4. The first-order valence-electron chi connectivity index (χ1n) is 7.14. The number of fused-ring (bicyclic) bond motifs is 1. The number of halogens is 1. The van der Waals surface area contributed by atoms with Gasteiger partial charge in [-0.1, -0.05) is 12.1 Å². The van der Waals surface area contributed by atoms with Crippen LogP contribution in [0.1, 0.15) is 17.3 Å². The van der Waals surface area contributed by atoms with E-state index in [2.05, 4.69) is 10.3 Å². The number of thiazole rings is 1. The van der Waals surface area contributed by atoms with E-state index in [1.54, 1.807) is 29.8 Å². The highest BCUT2D eigenvalue weighted by atomic mass is 32.1. The van der Waals surface area contributed by atoms with Crippen LogP contribution in [-0.4, -0.2) is 23.0 Å². The highest BCUT2D eigenvalue weighted by Gasteiger charge is 2.20. The van der Waals surface area contributed by atoms with Gasteiger partial charge in [-0.25, -0.2) is 14.2 Å². The van der Waals surface area contributed by atoms with Gasteiger partial charge in [0.25, 0.3) is 5.91 Å². The Morgan fingerprint density at radius 2 is 2.04 bits per heavy atom. The molecule has 0 bridgehead atoms. The zero-order valence-corrected chi connectivity index (χ0v) is 13.5. The van der Waals surface area contributed by atoms with Crippen LogP contribution in [0.2, 0.25) is 0 Å². The summed E-state index contributed by atoms with van der Waals surface area (Å²) in [6.45, 7) is 1.43. The molecule has 0 aliphatic heterocycles. The third kappa shape index (κ3) is 3.41. The molecule has 0 saturated heterocycles. The Labute approximate surface area is 141 Å². The molecule has 0 radical (unpaired) electrons. The second-order valence-corrected chi connectivity index (χ2v) is 5.94. The molecule has 0 spiro atoms. The summed E-state index contributed by atoms with van der Waals surface area (Å²) in [5.74, 6) is -1.78. The number of hydrogen-bond donors (Lipinski definition) is 1. The van der Waals surface area contributed by atoms with Gasteiger partial charge < -0.3 is 10.1 Å². The maximum Gasteiger partial charge on any atom is 0.338 e. The Hall–Kier alpha value is -2.80. The van der Waals surface area contributed by atoms with Crippen LogP contribution in [0.5, 0.6) is 0 Å². The summed E-state index contributed by atoms with van der Waals surface area (Å²) in [6.07, 6.45) is -1.06. The first-order chi connectivity index (χ1) is 11.5. The normalized spacial score (nSPS) is 11.9. The second kappa shape index (κ2) is 6.76. The first kappa shape index (κ1) is 16.1. The van der Waals surface area contributed by atoms with Gasteiger partial charge in [0.1, 0.15) is 5.82 Å². The van der Waals surface area contributed by atoms with Crippen LogP contribution >= 0.6 is 11.3 Å². The van der Waals surface area contributed by atoms with Crippen LogP contribution in [0, 0.1) is 5.82 Å². The van der Waals surface area contributed by atoms with Crippen LogP contribution in [0.4, 0.5) is 10.1 Å². The van der Waals surface area contributed by atoms with Gasteiger partial charge in [0.15, 0.2) is 6.10 Å². The SMILES string of the molecule is C[C@@H](OC(=O)c1ccc2ncsc2c1)C(=O)Nc1ccccc1F. The molecule has 1 aromatic heterocycles. The lowest BCUT2D eigenvalue weighted by Gasteiger charge is -2.14. The Morgan fingerprint density at radius 3 is 2.83 bits per heavy atom. The van der Waals surface area contributed by atoms with Crippen LogP contribution < -0.4 is 5.32 Å². The van der Waals surface area contributed by atoms with E-state index in [-0.39, 0.29) is 5.69 Å². The van der Waals surface area contributed by atoms with E-state index in [4.69, 9.17) is 4.74 Å². The van der Waals surface area contributed by atoms with E-state index >= 15 is 0 Å². The minimum atomic E-state index is -1.06. The molecule has 5 nitrogen and oxygen atoms in total. The minimum Gasteiger partial charge on any atom is -0.449 e. The third-order valence-corrected chi connectivity index (χ3v) is 4.14. The number of benzene rings is 2. The number of carbonyl (C=O) groups is 2. The first-order valence-corrected chi connectivity index (χ1v) is 8.02. The predicted molar refractivity (Wildman–Crippen MR) is 89.5 cm³/mol. The molecular weight excluding hydrogens is 331 g/mol. The van der Waals surface area contributed by atoms with E-state index in [1.165, 1.54) is 36.5 Å². The summed E-state index contributed by atoms with van der Waals surface area (Å²) in [7, 11) is 0. The average Bonchev–Trinajstić information content (AvgIpc) is 3.04. The summed E-state index contributed by atoms with van der Waals surface area (Å²) >= 11 is 1.41. The topological polar surface area (TPSA) is 68.3 Å². The molecule has 0 fully saturated rings. The van der Waals surface area contributed by atoms with Crippen molar-refractivity contribution >= 4 is 39.1 Å². The van der Waals surface area contributed by atoms with Crippen molar-refractivity contribution in [2.45, 2.75) is 13.0 Å². The van der Waals surface area contributed by atoms with Crippen molar-refractivity contribution in [3.05, 3.63) is 59.4 Å². The number of nitrogens with one attached hydrogen (secondary N) is 1. The number of nitrogens with zero attached hydrogens (tertiary/aromatic N) is 1. The van der Waals surface area contributed by atoms with Crippen LogP contribution in [0.15, 0.2) is 48.0 Å². The molecule has 3 aromatic rings. The fourth-order valence-electron chi connectivity index (χ4n) is 2.06. The summed E-state index contributed by atoms with van der Waals surface area (Å²) in [4.78, 5) is 28.3. The van der Waals surface area contributed by atoms with Crippen molar-refractivity contribution < 1.29 is 18.7 Å². The van der Waals surface area contributed by atoms with Crippen molar-refractivity contribution in [3.8, 4) is 0 Å². The Balaban J connectivity index is 1.67. The molecule has 24 heavy (non-hydrogen) atoms. The summed E-state index contributed by atoms with van der Waals surface area (Å²) in [6, 6.07) is 10.7. The maximum absolute atomic E-state index is 13.5. The van der Waals surface area contributed by atoms with E-state index in [1.807, 2.05) is 0 Å². The third-order valence-electron chi connectivity index (χ3n) is 3.35. The summed E-state index contributed by atoms with van der Waals surface area (Å²) in [5.41, 5.74) is 2.85. The number of amides is 1. The molecule has 1 amide bonds. The number of carbonyl (C=O) groups excluding carboxylic acids is 2. The summed E-state index contributed by atoms with van der Waals surface area (Å²) in [5, 5.41) is 2.39. The van der Waals surface area contributed by atoms with Gasteiger partial charge in [-0.2, -0.15) is 0 Å². The van der Waals surface area contributed by atoms with Gasteiger partial charge in [-0.3, -0.25) is 4.79 Å². The number of anilines is 1. The van der Waals surface area contributed by atoms with Crippen molar-refractivity contribution in [2.24, 2.45) is 0 Å². The lowest BCUT2D eigenvalue weighted by atomic mass is 10.2. The van der Waals surface area contributed by atoms with Gasteiger partial charge in [-0.05, 0) is 37.3 Å². The highest BCUT2D eigenvalue weighted by Crippen LogP contribution is 2.20. The Kier molecular flexibility index (Phi) is 4.52. The van der Waals surface area contributed by atoms with Crippen LogP contribution in [-0.2, 0) is 9.53 Å². The number of hydrogen-bond acceptors (Lipinski definition) is 5. The van der Waals surface area contributed by atoms with E-state index in [9.17, 15) is 14.0 Å². The van der Waals surface area contributed by atoms with Crippen molar-refractivity contribution in [1.29, 1.82) is 0 Å². The number of esters is 1. The van der Waals surface area contributed by atoms with Gasteiger partial charge in [0.05, 0.1) is 27.0 Å². The predicted octanol–water partition coefficient (Wildman–Crippen LogP) is 3.62. The summed E-state index contributed by atoms with van der Waals surface area (Å²) < 4.78 is 19.5. The molecule has 0 aliphatic rings. The Morgan fingerprint density at radius 1 is 1.25 bits per heavy atom. The zero-order chi connectivity index (χ0) is 17.1. The number of para-hydroxylation sites is 1. The number of ether oxygens (including phenoxy) is 1. The molecule has 2 aromatic carbocycles. The Bertz CT molecular complexity index is 909. The molecule has 0 saturated carbocycles. The highest BCUT2D eigenvalue weighted by molar-refractivity contribution is 7.16. The van der Waals surface area contributed by atoms with Crippen LogP contribution in [0.25, 0.3) is 10.2 Å². The van der Waals surface area contributed by atoms with Crippen LogP contribution in [0.3, 0.4) is 0 Å². The molecule has 0 unspecified atom stereocenters. The van der Waals surface area contributed by atoms with Gasteiger partial charge >= 0.3 is 5.97 Å². The molecule has 1 N–H and O–H groups in total. The monoisotopic (exact) mass is 344 g/mol. The zero-order valence-electron chi connectivity index (χ0n) is 12.7. The fourth-order valence-corrected chi connectivity index (χ4v) is 2.78. The van der Waals surface area contributed by atoms with E-state index in [0.29, 0.717) is 5.56 Å². The minimum absolute atomic E-state index is 0.0384. The van der Waals surface area contributed by atoms with E-state index < -0.39 is 23.8 Å². The molecule has 122 valence electrons. The average molecular weight is 344 g/mol. The lowest BCUT2D eigenvalue weighted by molar-refractivity contribution is -0.123. The van der Waals surface area contributed by atoms with Crippen molar-refractivity contribution in [1.82, 2.24) is 4.98 Å². The van der Waals surface area contributed by atoms with E-state index in [0.717, 1.165) is 10.2 Å². The smallest absolute Gasteiger partial charge is 0.338 e.